The highest BCUT2D eigenvalue weighted by Gasteiger charge is 2.33. The third kappa shape index (κ3) is 2.60. The Bertz CT molecular complexity index is 403. The zero-order chi connectivity index (χ0) is 12.6. The molecule has 2 nitrogen and oxygen atoms in total. The maximum atomic E-state index is 13.8. The van der Waals surface area contributed by atoms with Crippen LogP contribution in [0.3, 0.4) is 0 Å². The van der Waals surface area contributed by atoms with Crippen LogP contribution in [0.2, 0.25) is 0 Å². The van der Waals surface area contributed by atoms with E-state index in [4.69, 9.17) is 5.73 Å². The van der Waals surface area contributed by atoms with Crippen molar-refractivity contribution in [3.05, 3.63) is 29.6 Å². The summed E-state index contributed by atoms with van der Waals surface area (Å²) in [5.74, 6) is 1.36. The third-order valence-electron chi connectivity index (χ3n) is 3.68. The average Bonchev–Trinajstić information content (AvgIpc) is 2.93. The number of anilines is 1. The third-order valence-corrected chi connectivity index (χ3v) is 3.68. The predicted molar refractivity (Wildman–Crippen MR) is 69.5 cm³/mol. The fourth-order valence-corrected chi connectivity index (χ4v) is 2.41. The maximum absolute atomic E-state index is 13.8. The van der Waals surface area contributed by atoms with Crippen LogP contribution in [-0.4, -0.2) is 13.6 Å². The van der Waals surface area contributed by atoms with Crippen LogP contribution in [0.5, 0.6) is 0 Å². The highest BCUT2D eigenvalue weighted by Crippen LogP contribution is 2.39. The Morgan fingerprint density at radius 1 is 1.53 bits per heavy atom. The molecule has 94 valence electrons. The minimum atomic E-state index is -0.273. The van der Waals surface area contributed by atoms with Gasteiger partial charge < -0.3 is 10.6 Å². The first kappa shape index (κ1) is 12.4. The van der Waals surface area contributed by atoms with Crippen LogP contribution in [0.25, 0.3) is 0 Å². The molecule has 1 aliphatic carbocycles. The van der Waals surface area contributed by atoms with Gasteiger partial charge in [0.15, 0.2) is 0 Å². The van der Waals surface area contributed by atoms with E-state index in [2.05, 4.69) is 11.8 Å². The van der Waals surface area contributed by atoms with Gasteiger partial charge in [0, 0.05) is 30.9 Å². The van der Waals surface area contributed by atoms with E-state index in [0.717, 1.165) is 24.1 Å². The molecule has 0 saturated heterocycles. The molecular weight excluding hydrogens is 215 g/mol. The summed E-state index contributed by atoms with van der Waals surface area (Å²) in [7, 11) is 2.02. The monoisotopic (exact) mass is 236 g/mol. The zero-order valence-electron chi connectivity index (χ0n) is 10.8. The Labute approximate surface area is 103 Å². The first-order valence-electron chi connectivity index (χ1n) is 6.25. The molecule has 1 fully saturated rings. The van der Waals surface area contributed by atoms with E-state index in [1.807, 2.05) is 20.0 Å². The number of halogens is 1. The Hall–Kier alpha value is -1.09. The van der Waals surface area contributed by atoms with Crippen molar-refractivity contribution in [2.75, 3.05) is 18.5 Å². The summed E-state index contributed by atoms with van der Waals surface area (Å²) in [5, 5.41) is 0. The Balaban J connectivity index is 2.21. The molecule has 0 amide bonds. The number of nitrogens with two attached hydrogens (primary N) is 1. The molecule has 2 rings (SSSR count). The minimum absolute atomic E-state index is 0.201. The van der Waals surface area contributed by atoms with Crippen molar-refractivity contribution in [2.45, 2.75) is 26.3 Å². The molecule has 1 saturated carbocycles. The lowest BCUT2D eigenvalue weighted by Gasteiger charge is -2.24. The topological polar surface area (TPSA) is 29.3 Å². The summed E-state index contributed by atoms with van der Waals surface area (Å²) in [6.07, 6.45) is 1.28. The van der Waals surface area contributed by atoms with Crippen LogP contribution < -0.4 is 10.6 Å². The molecular formula is C14H21FN2. The second-order valence-corrected chi connectivity index (χ2v) is 5.31. The van der Waals surface area contributed by atoms with Gasteiger partial charge in [0.1, 0.15) is 5.82 Å². The molecule has 0 spiro atoms. The Morgan fingerprint density at radius 2 is 2.18 bits per heavy atom. The lowest BCUT2D eigenvalue weighted by Crippen LogP contribution is -2.24. The van der Waals surface area contributed by atoms with Crippen molar-refractivity contribution >= 4 is 5.69 Å². The van der Waals surface area contributed by atoms with Crippen molar-refractivity contribution in [2.24, 2.45) is 17.6 Å². The fraction of sp³-hybridized carbons (Fsp3) is 0.571. The Morgan fingerprint density at radius 3 is 2.71 bits per heavy atom. The normalized spacial score (nSPS) is 24.5. The minimum Gasteiger partial charge on any atom is -0.374 e. The summed E-state index contributed by atoms with van der Waals surface area (Å²) in [6, 6.07) is 4.92. The molecule has 2 N–H and O–H groups in total. The van der Waals surface area contributed by atoms with Crippen LogP contribution in [0.1, 0.15) is 31.9 Å². The van der Waals surface area contributed by atoms with Gasteiger partial charge in [-0.25, -0.2) is 4.39 Å². The van der Waals surface area contributed by atoms with Crippen molar-refractivity contribution < 1.29 is 4.39 Å². The van der Waals surface area contributed by atoms with Gasteiger partial charge in [-0.05, 0) is 37.3 Å². The molecule has 3 heteroatoms. The van der Waals surface area contributed by atoms with Crippen LogP contribution in [0.4, 0.5) is 10.1 Å². The predicted octanol–water partition coefficient (Wildman–Crippen LogP) is 2.94. The zero-order valence-corrected chi connectivity index (χ0v) is 10.8. The van der Waals surface area contributed by atoms with E-state index < -0.39 is 0 Å². The second-order valence-electron chi connectivity index (χ2n) is 5.31. The van der Waals surface area contributed by atoms with Crippen LogP contribution in [-0.2, 0) is 0 Å². The van der Waals surface area contributed by atoms with Gasteiger partial charge in [0.25, 0.3) is 0 Å². The van der Waals surface area contributed by atoms with E-state index in [0.29, 0.717) is 5.56 Å². The smallest absolute Gasteiger partial charge is 0.130 e. The van der Waals surface area contributed by atoms with Crippen molar-refractivity contribution in [3.8, 4) is 0 Å². The molecule has 0 heterocycles. The molecule has 0 radical (unpaired) electrons. The molecule has 1 aromatic rings. The SMILES string of the molecule is CC1CC1CN(C)c1cccc(F)c1[C@H](C)N. The summed E-state index contributed by atoms with van der Waals surface area (Å²) in [4.78, 5) is 2.13. The summed E-state index contributed by atoms with van der Waals surface area (Å²) >= 11 is 0. The number of benzene rings is 1. The largest absolute Gasteiger partial charge is 0.374 e. The molecule has 17 heavy (non-hydrogen) atoms. The van der Waals surface area contributed by atoms with Gasteiger partial charge >= 0.3 is 0 Å². The van der Waals surface area contributed by atoms with Crippen LogP contribution in [0.15, 0.2) is 18.2 Å². The van der Waals surface area contributed by atoms with Crippen LogP contribution >= 0.6 is 0 Å². The molecule has 0 aliphatic heterocycles. The summed E-state index contributed by atoms with van der Waals surface area (Å²) < 4.78 is 13.8. The molecule has 2 unspecified atom stereocenters. The lowest BCUT2D eigenvalue weighted by atomic mass is 10.0. The first-order valence-corrected chi connectivity index (χ1v) is 6.25. The van der Waals surface area contributed by atoms with E-state index in [1.54, 1.807) is 6.07 Å². The number of nitrogens with zero attached hydrogens (tertiary/aromatic N) is 1. The van der Waals surface area contributed by atoms with Gasteiger partial charge in [0.05, 0.1) is 0 Å². The van der Waals surface area contributed by atoms with Gasteiger partial charge in [-0.15, -0.1) is 0 Å². The van der Waals surface area contributed by atoms with Gasteiger partial charge in [-0.2, -0.15) is 0 Å². The number of rotatable bonds is 4. The van der Waals surface area contributed by atoms with Crippen molar-refractivity contribution in [3.63, 3.8) is 0 Å². The molecule has 0 bridgehead atoms. The highest BCUT2D eigenvalue weighted by atomic mass is 19.1. The van der Waals surface area contributed by atoms with Gasteiger partial charge in [-0.3, -0.25) is 0 Å². The number of hydrogen-bond donors (Lipinski definition) is 1. The van der Waals surface area contributed by atoms with E-state index >= 15 is 0 Å². The highest BCUT2D eigenvalue weighted by molar-refractivity contribution is 5.55. The van der Waals surface area contributed by atoms with E-state index in [-0.39, 0.29) is 11.9 Å². The molecule has 1 aromatic carbocycles. The Kier molecular flexibility index (Phi) is 3.38. The van der Waals surface area contributed by atoms with Crippen LogP contribution in [0, 0.1) is 17.7 Å². The molecule has 0 aromatic heterocycles. The first-order chi connectivity index (χ1) is 8.00. The van der Waals surface area contributed by atoms with Crippen molar-refractivity contribution in [1.29, 1.82) is 0 Å². The standard InChI is InChI=1S/C14H21FN2/c1-9-7-11(9)8-17(3)13-6-4-5-12(15)14(13)10(2)16/h4-6,9-11H,7-8,16H2,1-3H3/t9?,10-,11?/m0/s1. The summed E-state index contributed by atoms with van der Waals surface area (Å²) in [6.45, 7) is 5.08. The quantitative estimate of drug-likeness (QED) is 0.871. The summed E-state index contributed by atoms with van der Waals surface area (Å²) in [5.41, 5.74) is 7.42. The van der Waals surface area contributed by atoms with Gasteiger partial charge in [-0.1, -0.05) is 13.0 Å². The molecule has 1 aliphatic rings. The average molecular weight is 236 g/mol. The van der Waals surface area contributed by atoms with Crippen molar-refractivity contribution in [1.82, 2.24) is 0 Å². The van der Waals surface area contributed by atoms with Gasteiger partial charge in [0.2, 0.25) is 0 Å². The fourth-order valence-electron chi connectivity index (χ4n) is 2.41. The van der Waals surface area contributed by atoms with E-state index in [1.165, 1.54) is 12.5 Å². The number of hydrogen-bond acceptors (Lipinski definition) is 2. The van der Waals surface area contributed by atoms with E-state index in [9.17, 15) is 4.39 Å². The maximum Gasteiger partial charge on any atom is 0.130 e. The molecule has 3 atom stereocenters. The second kappa shape index (κ2) is 4.65. The lowest BCUT2D eigenvalue weighted by molar-refractivity contribution is 0.591.